The quantitative estimate of drug-likeness (QED) is 0.629. The van der Waals surface area contributed by atoms with E-state index in [1.165, 1.54) is 32.1 Å². The Balaban J connectivity index is 1.41. The lowest BCUT2D eigenvalue weighted by Crippen LogP contribution is -2.52. The van der Waals surface area contributed by atoms with Gasteiger partial charge in [0.05, 0.1) is 0 Å². The summed E-state index contributed by atoms with van der Waals surface area (Å²) in [5, 5.41) is 5.94. The number of nitrogens with zero attached hydrogens (tertiary/aromatic N) is 1. The van der Waals surface area contributed by atoms with Crippen LogP contribution in [0.2, 0.25) is 0 Å². The highest BCUT2D eigenvalue weighted by atomic mass is 16.2. The number of amides is 3. The number of piperidine rings is 1. The van der Waals surface area contributed by atoms with Crippen molar-refractivity contribution < 1.29 is 14.4 Å². The Morgan fingerprint density at radius 1 is 1.14 bits per heavy atom. The first kappa shape index (κ1) is 20.0. The maximum absolute atomic E-state index is 12.9. The molecule has 7 heteroatoms. The van der Waals surface area contributed by atoms with Crippen molar-refractivity contribution in [2.75, 3.05) is 6.54 Å². The maximum Gasteiger partial charge on any atom is 0.255 e. The fraction of sp³-hybridized carbons (Fsp3) is 0.591. The number of nitrogens with one attached hydrogen (secondary N) is 2. The van der Waals surface area contributed by atoms with Gasteiger partial charge in [0.1, 0.15) is 6.04 Å². The number of hydrogen-bond acceptors (Lipinski definition) is 5. The van der Waals surface area contributed by atoms with E-state index in [9.17, 15) is 14.4 Å². The number of rotatable bonds is 6. The lowest BCUT2D eigenvalue weighted by atomic mass is 9.84. The van der Waals surface area contributed by atoms with E-state index in [0.29, 0.717) is 43.6 Å². The summed E-state index contributed by atoms with van der Waals surface area (Å²) in [5.41, 5.74) is 8.67. The first-order valence-electron chi connectivity index (χ1n) is 10.8. The highest BCUT2D eigenvalue weighted by molar-refractivity contribution is 6.05. The zero-order chi connectivity index (χ0) is 20.4. The SMILES string of the molecule is NC[C@H](NCc1ccc2c(c1)C(=O)N(C1CCC(=O)NC1=O)C2)C1CCCCC1. The van der Waals surface area contributed by atoms with Crippen LogP contribution in [0.5, 0.6) is 0 Å². The number of benzene rings is 1. The van der Waals surface area contributed by atoms with Crippen molar-refractivity contribution in [2.45, 2.75) is 70.1 Å². The van der Waals surface area contributed by atoms with Crippen LogP contribution in [0.1, 0.15) is 66.4 Å². The standard InChI is InChI=1S/C22H30N4O3/c23-11-18(15-4-2-1-3-5-15)24-12-14-6-7-16-13-26(22(29)17(16)10-14)19-8-9-20(27)25-21(19)28/h6-7,10,15,18-19,24H,1-5,8-9,11-13,23H2,(H,25,27,28)/t18-,19?/m0/s1. The molecular formula is C22H30N4O3. The molecule has 29 heavy (non-hydrogen) atoms. The van der Waals surface area contributed by atoms with Crippen LogP contribution in [-0.4, -0.2) is 41.2 Å². The minimum absolute atomic E-state index is 0.126. The molecule has 1 aliphatic carbocycles. The second kappa shape index (κ2) is 8.63. The summed E-state index contributed by atoms with van der Waals surface area (Å²) in [7, 11) is 0. The van der Waals surface area contributed by atoms with Crippen molar-refractivity contribution in [3.8, 4) is 0 Å². The predicted molar refractivity (Wildman–Crippen MR) is 109 cm³/mol. The van der Waals surface area contributed by atoms with Gasteiger partial charge in [0, 0.05) is 37.7 Å². The Bertz CT molecular complexity index is 803. The Kier molecular flexibility index (Phi) is 5.96. The fourth-order valence-electron chi connectivity index (χ4n) is 4.94. The maximum atomic E-state index is 12.9. The summed E-state index contributed by atoms with van der Waals surface area (Å²) in [6, 6.07) is 5.70. The molecule has 4 rings (SSSR count). The molecule has 1 unspecified atom stereocenters. The first-order chi connectivity index (χ1) is 14.1. The monoisotopic (exact) mass is 398 g/mol. The van der Waals surface area contributed by atoms with Gasteiger partial charge in [-0.3, -0.25) is 19.7 Å². The minimum atomic E-state index is -0.568. The molecule has 2 aliphatic heterocycles. The van der Waals surface area contributed by atoms with Crippen LogP contribution in [-0.2, 0) is 22.7 Å². The number of carbonyl (C=O) groups is 3. The third-order valence-electron chi connectivity index (χ3n) is 6.63. The summed E-state index contributed by atoms with van der Waals surface area (Å²) >= 11 is 0. The van der Waals surface area contributed by atoms with Crippen molar-refractivity contribution in [3.05, 3.63) is 34.9 Å². The average molecular weight is 399 g/mol. The zero-order valence-electron chi connectivity index (χ0n) is 16.8. The summed E-state index contributed by atoms with van der Waals surface area (Å²) in [4.78, 5) is 38.1. The van der Waals surface area contributed by atoms with E-state index in [2.05, 4.69) is 10.6 Å². The second-order valence-corrected chi connectivity index (χ2v) is 8.51. The molecule has 3 amide bonds. The average Bonchev–Trinajstić information content (AvgIpc) is 3.05. The Morgan fingerprint density at radius 3 is 2.66 bits per heavy atom. The molecule has 2 atom stereocenters. The summed E-state index contributed by atoms with van der Waals surface area (Å²) in [6.45, 7) is 1.72. The third kappa shape index (κ3) is 4.21. The number of fused-ring (bicyclic) bond motifs is 1. The molecule has 1 aromatic rings. The zero-order valence-corrected chi connectivity index (χ0v) is 16.8. The molecule has 3 aliphatic rings. The van der Waals surface area contributed by atoms with E-state index in [4.69, 9.17) is 5.73 Å². The third-order valence-corrected chi connectivity index (χ3v) is 6.63. The fourth-order valence-corrected chi connectivity index (χ4v) is 4.94. The van der Waals surface area contributed by atoms with Crippen molar-refractivity contribution in [2.24, 2.45) is 11.7 Å². The summed E-state index contributed by atoms with van der Waals surface area (Å²) in [5.74, 6) is -0.134. The van der Waals surface area contributed by atoms with Gasteiger partial charge in [-0.1, -0.05) is 31.4 Å². The first-order valence-corrected chi connectivity index (χ1v) is 10.8. The molecule has 156 valence electrons. The van der Waals surface area contributed by atoms with Crippen molar-refractivity contribution >= 4 is 17.7 Å². The molecule has 0 radical (unpaired) electrons. The highest BCUT2D eigenvalue weighted by Gasteiger charge is 2.39. The van der Waals surface area contributed by atoms with Crippen molar-refractivity contribution in [3.63, 3.8) is 0 Å². The molecular weight excluding hydrogens is 368 g/mol. The van der Waals surface area contributed by atoms with Gasteiger partial charge in [0.2, 0.25) is 11.8 Å². The van der Waals surface area contributed by atoms with Gasteiger partial charge in [0.15, 0.2) is 0 Å². The lowest BCUT2D eigenvalue weighted by molar-refractivity contribution is -0.136. The van der Waals surface area contributed by atoms with Gasteiger partial charge in [-0.25, -0.2) is 0 Å². The largest absolute Gasteiger partial charge is 0.329 e. The second-order valence-electron chi connectivity index (χ2n) is 8.51. The van der Waals surface area contributed by atoms with Crippen molar-refractivity contribution in [1.29, 1.82) is 0 Å². The van der Waals surface area contributed by atoms with Crippen LogP contribution in [0, 0.1) is 5.92 Å². The van der Waals surface area contributed by atoms with Gasteiger partial charge >= 0.3 is 0 Å². The minimum Gasteiger partial charge on any atom is -0.329 e. The topological polar surface area (TPSA) is 105 Å². The molecule has 2 fully saturated rings. The molecule has 1 saturated carbocycles. The van der Waals surface area contributed by atoms with E-state index in [-0.39, 0.29) is 24.1 Å². The van der Waals surface area contributed by atoms with Crippen LogP contribution < -0.4 is 16.4 Å². The van der Waals surface area contributed by atoms with Gasteiger partial charge in [0.25, 0.3) is 5.91 Å². The highest BCUT2D eigenvalue weighted by Crippen LogP contribution is 2.29. The van der Waals surface area contributed by atoms with Crippen LogP contribution in [0.4, 0.5) is 0 Å². The van der Waals surface area contributed by atoms with Gasteiger partial charge < -0.3 is 16.0 Å². The summed E-state index contributed by atoms with van der Waals surface area (Å²) < 4.78 is 0. The van der Waals surface area contributed by atoms with E-state index < -0.39 is 6.04 Å². The Morgan fingerprint density at radius 2 is 1.93 bits per heavy atom. The summed E-state index contributed by atoms with van der Waals surface area (Å²) in [6.07, 6.45) is 7.02. The van der Waals surface area contributed by atoms with Gasteiger partial charge in [-0.2, -0.15) is 0 Å². The molecule has 1 saturated heterocycles. The lowest BCUT2D eigenvalue weighted by Gasteiger charge is -2.30. The molecule has 1 aromatic carbocycles. The van der Waals surface area contributed by atoms with E-state index in [1.54, 1.807) is 4.90 Å². The van der Waals surface area contributed by atoms with Gasteiger partial charge in [-0.05, 0) is 42.4 Å². The number of imide groups is 1. The van der Waals surface area contributed by atoms with Crippen molar-refractivity contribution in [1.82, 2.24) is 15.5 Å². The van der Waals surface area contributed by atoms with Crippen LogP contribution in [0.25, 0.3) is 0 Å². The molecule has 4 N–H and O–H groups in total. The van der Waals surface area contributed by atoms with E-state index in [0.717, 1.165) is 11.1 Å². The Labute approximate surface area is 171 Å². The predicted octanol–water partition coefficient (Wildman–Crippen LogP) is 1.44. The van der Waals surface area contributed by atoms with E-state index in [1.807, 2.05) is 18.2 Å². The molecule has 7 nitrogen and oxygen atoms in total. The molecule has 0 bridgehead atoms. The Hall–Kier alpha value is -2.25. The van der Waals surface area contributed by atoms with Gasteiger partial charge in [-0.15, -0.1) is 0 Å². The molecule has 2 heterocycles. The number of hydrogen-bond donors (Lipinski definition) is 3. The number of nitrogens with two attached hydrogens (primary N) is 1. The smallest absolute Gasteiger partial charge is 0.255 e. The molecule has 0 aromatic heterocycles. The van der Waals surface area contributed by atoms with Crippen LogP contribution in [0.3, 0.4) is 0 Å². The van der Waals surface area contributed by atoms with Crippen LogP contribution in [0.15, 0.2) is 18.2 Å². The normalized spacial score (nSPS) is 23.8. The number of carbonyl (C=O) groups excluding carboxylic acids is 3. The van der Waals surface area contributed by atoms with E-state index >= 15 is 0 Å². The molecule has 0 spiro atoms. The van der Waals surface area contributed by atoms with Crippen LogP contribution >= 0.6 is 0 Å².